The first-order valence-corrected chi connectivity index (χ1v) is 8.45. The van der Waals surface area contributed by atoms with Gasteiger partial charge in [0.2, 0.25) is 0 Å². The molecule has 0 fully saturated rings. The maximum absolute atomic E-state index is 13.1. The van der Waals surface area contributed by atoms with E-state index >= 15 is 0 Å². The molecule has 2 aromatic carbocycles. The third-order valence-electron chi connectivity index (χ3n) is 4.42. The van der Waals surface area contributed by atoms with Crippen molar-refractivity contribution in [3.63, 3.8) is 0 Å². The summed E-state index contributed by atoms with van der Waals surface area (Å²) in [6.07, 6.45) is 0. The van der Waals surface area contributed by atoms with Crippen LogP contribution < -0.4 is 10.3 Å². The Balaban J connectivity index is 2.02. The summed E-state index contributed by atoms with van der Waals surface area (Å²) < 4.78 is 19.8. The molecule has 0 saturated heterocycles. The van der Waals surface area contributed by atoms with Gasteiger partial charge in [-0.3, -0.25) is 4.79 Å². The van der Waals surface area contributed by atoms with Gasteiger partial charge in [0.1, 0.15) is 11.6 Å². The number of methoxy groups -OCH3 is 1. The van der Waals surface area contributed by atoms with Gasteiger partial charge in [-0.1, -0.05) is 29.8 Å². The number of hydrogen-bond donors (Lipinski definition) is 0. The minimum absolute atomic E-state index is 0.189. The van der Waals surface area contributed by atoms with Crippen molar-refractivity contribution in [2.45, 2.75) is 20.4 Å². The Morgan fingerprint density at radius 1 is 1.15 bits per heavy atom. The average molecular weight is 373 g/mol. The van der Waals surface area contributed by atoms with Crippen molar-refractivity contribution in [1.29, 1.82) is 0 Å². The van der Waals surface area contributed by atoms with Crippen LogP contribution in [0.5, 0.6) is 5.75 Å². The van der Waals surface area contributed by atoms with E-state index in [1.807, 2.05) is 26.0 Å². The number of aromatic nitrogens is 2. The largest absolute Gasteiger partial charge is 0.496 e. The molecule has 0 unspecified atom stereocenters. The SMILES string of the molecule is COc1ccc(C)c(Cn2nc(Cl)c(-c3ccc(F)cc3)cc2=O)c1C. The minimum Gasteiger partial charge on any atom is -0.496 e. The number of halogens is 2. The quantitative estimate of drug-likeness (QED) is 0.682. The molecule has 3 rings (SSSR count). The Kier molecular flexibility index (Phi) is 5.09. The zero-order valence-corrected chi connectivity index (χ0v) is 15.5. The number of ether oxygens (including phenoxy) is 1. The molecule has 0 radical (unpaired) electrons. The van der Waals surface area contributed by atoms with E-state index in [1.54, 1.807) is 19.2 Å². The van der Waals surface area contributed by atoms with Crippen molar-refractivity contribution >= 4 is 11.6 Å². The van der Waals surface area contributed by atoms with Crippen LogP contribution in [-0.4, -0.2) is 16.9 Å². The molecule has 0 spiro atoms. The van der Waals surface area contributed by atoms with Crippen LogP contribution in [0.25, 0.3) is 11.1 Å². The number of rotatable bonds is 4. The first kappa shape index (κ1) is 18.1. The predicted octanol–water partition coefficient (Wildman–Crippen LogP) is 4.38. The summed E-state index contributed by atoms with van der Waals surface area (Å²) in [5, 5.41) is 4.43. The standard InChI is InChI=1S/C20H18ClFN2O2/c1-12-4-9-18(26-3)13(2)17(12)11-24-19(25)10-16(20(21)23-24)14-5-7-15(22)8-6-14/h4-10H,11H2,1-3H3. The van der Waals surface area contributed by atoms with Gasteiger partial charge in [-0.2, -0.15) is 5.10 Å². The number of hydrogen-bond acceptors (Lipinski definition) is 3. The van der Waals surface area contributed by atoms with E-state index in [2.05, 4.69) is 5.10 Å². The number of aryl methyl sites for hydroxylation is 1. The fourth-order valence-electron chi connectivity index (χ4n) is 2.90. The summed E-state index contributed by atoms with van der Waals surface area (Å²) in [5.41, 5.74) is 3.80. The van der Waals surface area contributed by atoms with Crippen molar-refractivity contribution in [3.8, 4) is 16.9 Å². The van der Waals surface area contributed by atoms with E-state index in [4.69, 9.17) is 16.3 Å². The second-order valence-electron chi connectivity index (χ2n) is 6.04. The molecule has 1 heterocycles. The molecule has 3 aromatic rings. The second-order valence-corrected chi connectivity index (χ2v) is 6.40. The zero-order chi connectivity index (χ0) is 18.8. The molecule has 0 aliphatic carbocycles. The van der Waals surface area contributed by atoms with Gasteiger partial charge in [0.15, 0.2) is 5.15 Å². The Morgan fingerprint density at radius 2 is 1.85 bits per heavy atom. The van der Waals surface area contributed by atoms with Crippen LogP contribution in [0.3, 0.4) is 0 Å². The third kappa shape index (κ3) is 3.48. The fraction of sp³-hybridized carbons (Fsp3) is 0.200. The van der Waals surface area contributed by atoms with Crippen molar-refractivity contribution in [3.05, 3.63) is 80.5 Å². The third-order valence-corrected chi connectivity index (χ3v) is 4.70. The van der Waals surface area contributed by atoms with E-state index in [0.717, 1.165) is 22.4 Å². The highest BCUT2D eigenvalue weighted by Gasteiger charge is 2.13. The van der Waals surface area contributed by atoms with Crippen LogP contribution in [0.2, 0.25) is 5.15 Å². The minimum atomic E-state index is -0.352. The molecule has 0 saturated carbocycles. The summed E-state index contributed by atoms with van der Waals surface area (Å²) in [7, 11) is 1.61. The van der Waals surface area contributed by atoms with Gasteiger partial charge in [0, 0.05) is 11.6 Å². The molecule has 26 heavy (non-hydrogen) atoms. The predicted molar refractivity (Wildman–Crippen MR) is 100 cm³/mol. The molecule has 4 nitrogen and oxygen atoms in total. The summed E-state index contributed by atoms with van der Waals surface area (Å²) in [6.45, 7) is 4.21. The fourth-order valence-corrected chi connectivity index (χ4v) is 3.15. The Labute approximate surface area is 155 Å². The van der Waals surface area contributed by atoms with Crippen LogP contribution in [0.4, 0.5) is 4.39 Å². The van der Waals surface area contributed by atoms with Crippen LogP contribution in [0.1, 0.15) is 16.7 Å². The van der Waals surface area contributed by atoms with Gasteiger partial charge in [-0.25, -0.2) is 9.07 Å². The summed E-state index contributed by atoms with van der Waals surface area (Å²) in [5.74, 6) is 0.405. The zero-order valence-electron chi connectivity index (χ0n) is 14.7. The molecular formula is C20H18ClFN2O2. The first-order chi connectivity index (χ1) is 12.4. The molecule has 0 bridgehead atoms. The maximum atomic E-state index is 13.1. The Morgan fingerprint density at radius 3 is 2.50 bits per heavy atom. The molecule has 134 valence electrons. The van der Waals surface area contributed by atoms with Gasteiger partial charge < -0.3 is 4.74 Å². The molecular weight excluding hydrogens is 355 g/mol. The molecule has 0 aliphatic heterocycles. The normalized spacial score (nSPS) is 10.8. The molecule has 1 aromatic heterocycles. The maximum Gasteiger partial charge on any atom is 0.267 e. The highest BCUT2D eigenvalue weighted by molar-refractivity contribution is 6.32. The van der Waals surface area contributed by atoms with Gasteiger partial charge in [-0.05, 0) is 54.3 Å². The number of nitrogens with zero attached hydrogens (tertiary/aromatic N) is 2. The van der Waals surface area contributed by atoms with Crippen molar-refractivity contribution in [1.82, 2.24) is 9.78 Å². The lowest BCUT2D eigenvalue weighted by molar-refractivity contribution is 0.410. The second kappa shape index (κ2) is 7.30. The Hall–Kier alpha value is -2.66. The summed E-state index contributed by atoms with van der Waals surface area (Å²) in [6, 6.07) is 11.0. The van der Waals surface area contributed by atoms with E-state index in [-0.39, 0.29) is 23.1 Å². The topological polar surface area (TPSA) is 44.1 Å². The average Bonchev–Trinajstić information content (AvgIpc) is 2.62. The van der Waals surface area contributed by atoms with E-state index in [0.29, 0.717) is 11.1 Å². The van der Waals surface area contributed by atoms with Crippen molar-refractivity contribution < 1.29 is 9.13 Å². The van der Waals surface area contributed by atoms with E-state index < -0.39 is 0 Å². The van der Waals surface area contributed by atoms with Gasteiger partial charge >= 0.3 is 0 Å². The molecule has 0 N–H and O–H groups in total. The van der Waals surface area contributed by atoms with E-state index in [1.165, 1.54) is 22.9 Å². The van der Waals surface area contributed by atoms with Crippen LogP contribution in [0.15, 0.2) is 47.3 Å². The van der Waals surface area contributed by atoms with Gasteiger partial charge in [-0.15, -0.1) is 0 Å². The summed E-state index contributed by atoms with van der Waals surface area (Å²) in [4.78, 5) is 12.6. The molecule has 6 heteroatoms. The molecule has 0 aliphatic rings. The smallest absolute Gasteiger partial charge is 0.267 e. The number of benzene rings is 2. The lowest BCUT2D eigenvalue weighted by atomic mass is 10.0. The highest BCUT2D eigenvalue weighted by Crippen LogP contribution is 2.27. The van der Waals surface area contributed by atoms with Crippen LogP contribution in [0, 0.1) is 19.7 Å². The Bertz CT molecular complexity index is 1010. The highest BCUT2D eigenvalue weighted by atomic mass is 35.5. The van der Waals surface area contributed by atoms with Gasteiger partial charge in [0.05, 0.1) is 13.7 Å². The van der Waals surface area contributed by atoms with Crippen LogP contribution >= 0.6 is 11.6 Å². The van der Waals surface area contributed by atoms with Gasteiger partial charge in [0.25, 0.3) is 5.56 Å². The molecule has 0 amide bonds. The van der Waals surface area contributed by atoms with Crippen LogP contribution in [-0.2, 0) is 6.54 Å². The van der Waals surface area contributed by atoms with Crippen molar-refractivity contribution in [2.24, 2.45) is 0 Å². The first-order valence-electron chi connectivity index (χ1n) is 8.07. The lowest BCUT2D eigenvalue weighted by Gasteiger charge is -2.15. The summed E-state index contributed by atoms with van der Waals surface area (Å²) >= 11 is 6.29. The van der Waals surface area contributed by atoms with Crippen molar-refractivity contribution in [2.75, 3.05) is 7.11 Å². The monoisotopic (exact) mass is 372 g/mol. The lowest BCUT2D eigenvalue weighted by Crippen LogP contribution is -2.24. The van der Waals surface area contributed by atoms with E-state index in [9.17, 15) is 9.18 Å². The molecule has 0 atom stereocenters.